The molecule has 3 nitrogen and oxygen atoms in total. The van der Waals surface area contributed by atoms with Gasteiger partial charge in [-0.3, -0.25) is 4.68 Å². The molecule has 3 aromatic rings. The van der Waals surface area contributed by atoms with Crippen LogP contribution in [0.1, 0.15) is 0 Å². The molecule has 3 rings (SSSR count). The van der Waals surface area contributed by atoms with Gasteiger partial charge in [-0.25, -0.2) is 4.98 Å². The quantitative estimate of drug-likeness (QED) is 0.394. The van der Waals surface area contributed by atoms with Gasteiger partial charge < -0.3 is 5.84 Å². The highest BCUT2D eigenvalue weighted by molar-refractivity contribution is 14.1. The average Bonchev–Trinajstić information content (AvgIpc) is 2.55. The van der Waals surface area contributed by atoms with Crippen LogP contribution in [0.25, 0.3) is 21.8 Å². The first-order valence-corrected chi connectivity index (χ1v) is 5.65. The monoisotopic (exact) mass is 309 g/mol. The number of aromatic nitrogens is 2. The fraction of sp³-hybridized carbons (Fsp3) is 0. The Morgan fingerprint density at radius 1 is 1.13 bits per heavy atom. The highest BCUT2D eigenvalue weighted by atomic mass is 127. The van der Waals surface area contributed by atoms with Gasteiger partial charge in [0.15, 0.2) is 0 Å². The summed E-state index contributed by atoms with van der Waals surface area (Å²) in [6, 6.07) is 10.1. The van der Waals surface area contributed by atoms with E-state index in [9.17, 15) is 0 Å². The van der Waals surface area contributed by atoms with Crippen LogP contribution in [0, 0.1) is 3.70 Å². The van der Waals surface area contributed by atoms with E-state index in [0.717, 1.165) is 20.1 Å². The summed E-state index contributed by atoms with van der Waals surface area (Å²) in [6.45, 7) is 0. The zero-order valence-corrected chi connectivity index (χ0v) is 9.97. The molecule has 0 amide bonds. The van der Waals surface area contributed by atoms with Crippen LogP contribution in [-0.2, 0) is 0 Å². The van der Waals surface area contributed by atoms with Crippen LogP contribution >= 0.6 is 22.6 Å². The minimum absolute atomic E-state index is 0.934. The number of benzene rings is 1. The van der Waals surface area contributed by atoms with Gasteiger partial charge in [0.1, 0.15) is 9.22 Å². The number of pyridine rings is 1. The number of fused-ring (bicyclic) bond motifs is 3. The summed E-state index contributed by atoms with van der Waals surface area (Å²) in [5.74, 6) is 6.05. The second-order valence-corrected chi connectivity index (χ2v) is 4.41. The Kier molecular flexibility index (Phi) is 1.85. The second kappa shape index (κ2) is 3.10. The number of nitrogens with zero attached hydrogens (tertiary/aromatic N) is 2. The van der Waals surface area contributed by atoms with Crippen molar-refractivity contribution in [3.05, 3.63) is 40.2 Å². The maximum atomic E-state index is 6.05. The van der Waals surface area contributed by atoms with Crippen molar-refractivity contribution < 1.29 is 0 Å². The lowest BCUT2D eigenvalue weighted by Crippen LogP contribution is -2.08. The van der Waals surface area contributed by atoms with Crippen molar-refractivity contribution >= 4 is 44.4 Å². The van der Waals surface area contributed by atoms with E-state index in [1.165, 1.54) is 5.39 Å². The Bertz CT molecular complexity index is 657. The molecule has 0 aliphatic rings. The third-order valence-corrected chi connectivity index (χ3v) is 3.36. The maximum absolute atomic E-state index is 6.05. The molecule has 4 heteroatoms. The molecule has 0 atom stereocenters. The van der Waals surface area contributed by atoms with Gasteiger partial charge in [0.2, 0.25) is 0 Å². The van der Waals surface area contributed by atoms with E-state index >= 15 is 0 Å². The van der Waals surface area contributed by atoms with Crippen LogP contribution in [0.15, 0.2) is 36.5 Å². The molecule has 0 aliphatic heterocycles. The van der Waals surface area contributed by atoms with Gasteiger partial charge in [-0.05, 0) is 34.7 Å². The van der Waals surface area contributed by atoms with E-state index in [4.69, 9.17) is 5.84 Å². The van der Waals surface area contributed by atoms with Crippen LogP contribution in [0.5, 0.6) is 0 Å². The number of halogens is 1. The molecule has 2 heterocycles. The molecular formula is C11H8IN3. The average molecular weight is 309 g/mol. The molecule has 2 N–H and O–H groups in total. The van der Waals surface area contributed by atoms with Crippen LogP contribution in [0.2, 0.25) is 0 Å². The molecule has 0 saturated carbocycles. The number of rotatable bonds is 0. The molecule has 0 unspecified atom stereocenters. The Balaban J connectivity index is 2.69. The molecule has 74 valence electrons. The summed E-state index contributed by atoms with van der Waals surface area (Å²) in [5, 5.41) is 2.34. The number of para-hydroxylation sites is 1. The van der Waals surface area contributed by atoms with Crippen molar-refractivity contribution in [2.24, 2.45) is 0 Å². The SMILES string of the molecule is Nn1c2ccccc2c2ccnc(I)c21. The van der Waals surface area contributed by atoms with Crippen LogP contribution in [-0.4, -0.2) is 9.66 Å². The number of nitrogens with two attached hydrogens (primary N) is 1. The third-order valence-electron chi connectivity index (χ3n) is 2.57. The smallest absolute Gasteiger partial charge is 0.127 e. The van der Waals surface area contributed by atoms with Crippen molar-refractivity contribution in [1.82, 2.24) is 9.66 Å². The van der Waals surface area contributed by atoms with Crippen LogP contribution < -0.4 is 5.84 Å². The van der Waals surface area contributed by atoms with E-state index < -0.39 is 0 Å². The van der Waals surface area contributed by atoms with Crippen molar-refractivity contribution in [3.63, 3.8) is 0 Å². The molecule has 0 aliphatic carbocycles. The fourth-order valence-electron chi connectivity index (χ4n) is 1.91. The molecule has 1 aromatic carbocycles. The first-order chi connectivity index (χ1) is 7.29. The highest BCUT2D eigenvalue weighted by Gasteiger charge is 2.10. The fourth-order valence-corrected chi connectivity index (χ4v) is 2.62. The molecule has 0 bridgehead atoms. The Labute approximate surface area is 100 Å². The van der Waals surface area contributed by atoms with E-state index in [1.54, 1.807) is 4.68 Å². The predicted molar refractivity (Wildman–Crippen MR) is 70.1 cm³/mol. The summed E-state index contributed by atoms with van der Waals surface area (Å²) in [7, 11) is 0. The van der Waals surface area contributed by atoms with Crippen LogP contribution in [0.4, 0.5) is 0 Å². The summed E-state index contributed by atoms with van der Waals surface area (Å²) in [4.78, 5) is 4.25. The lowest BCUT2D eigenvalue weighted by atomic mass is 10.2. The molecule has 0 radical (unpaired) electrons. The Hall–Kier alpha value is -1.30. The van der Waals surface area contributed by atoms with Crippen LogP contribution in [0.3, 0.4) is 0 Å². The van der Waals surface area contributed by atoms with E-state index in [1.807, 2.05) is 30.5 Å². The molecule has 15 heavy (non-hydrogen) atoms. The third kappa shape index (κ3) is 1.14. The summed E-state index contributed by atoms with van der Waals surface area (Å²) >= 11 is 2.21. The molecular weight excluding hydrogens is 301 g/mol. The maximum Gasteiger partial charge on any atom is 0.127 e. The summed E-state index contributed by atoms with van der Waals surface area (Å²) in [6.07, 6.45) is 1.82. The van der Waals surface area contributed by atoms with Crippen molar-refractivity contribution in [2.45, 2.75) is 0 Å². The highest BCUT2D eigenvalue weighted by Crippen LogP contribution is 2.28. The van der Waals surface area contributed by atoms with Gasteiger partial charge >= 0.3 is 0 Å². The standard InChI is InChI=1S/C11H8IN3/c12-11-10-8(5-6-14-11)7-3-1-2-4-9(7)15(10)13/h1-6H,13H2. The zero-order valence-electron chi connectivity index (χ0n) is 7.81. The van der Waals surface area contributed by atoms with Crippen molar-refractivity contribution in [1.29, 1.82) is 0 Å². The molecule has 0 saturated heterocycles. The first-order valence-electron chi connectivity index (χ1n) is 4.58. The first kappa shape index (κ1) is 8.96. The summed E-state index contributed by atoms with van der Waals surface area (Å²) < 4.78 is 2.64. The lowest BCUT2D eigenvalue weighted by molar-refractivity contribution is 1.10. The zero-order chi connectivity index (χ0) is 10.4. The minimum Gasteiger partial charge on any atom is -0.338 e. The number of hydrogen-bond acceptors (Lipinski definition) is 2. The molecule has 0 fully saturated rings. The number of hydrogen-bond donors (Lipinski definition) is 1. The predicted octanol–water partition coefficient (Wildman–Crippen LogP) is 2.51. The van der Waals surface area contributed by atoms with Gasteiger partial charge in [0.25, 0.3) is 0 Å². The summed E-state index contributed by atoms with van der Waals surface area (Å²) in [5.41, 5.74) is 2.04. The van der Waals surface area contributed by atoms with E-state index in [0.29, 0.717) is 0 Å². The van der Waals surface area contributed by atoms with E-state index in [-0.39, 0.29) is 0 Å². The van der Waals surface area contributed by atoms with Crippen molar-refractivity contribution in [2.75, 3.05) is 5.84 Å². The molecule has 0 spiro atoms. The van der Waals surface area contributed by atoms with Gasteiger partial charge in [0, 0.05) is 17.0 Å². The topological polar surface area (TPSA) is 43.8 Å². The normalized spacial score (nSPS) is 11.3. The molecule has 2 aromatic heterocycles. The van der Waals surface area contributed by atoms with E-state index in [2.05, 4.69) is 33.6 Å². The Morgan fingerprint density at radius 3 is 2.80 bits per heavy atom. The lowest BCUT2D eigenvalue weighted by Gasteiger charge is -1.98. The van der Waals surface area contributed by atoms with Crippen molar-refractivity contribution in [3.8, 4) is 0 Å². The van der Waals surface area contributed by atoms with Gasteiger partial charge in [0.05, 0.1) is 5.52 Å². The van der Waals surface area contributed by atoms with Gasteiger partial charge in [-0.15, -0.1) is 0 Å². The largest absolute Gasteiger partial charge is 0.338 e. The van der Waals surface area contributed by atoms with Gasteiger partial charge in [-0.1, -0.05) is 18.2 Å². The number of nitrogen functional groups attached to an aromatic ring is 1. The second-order valence-electron chi connectivity index (χ2n) is 3.39. The van der Waals surface area contributed by atoms with Gasteiger partial charge in [-0.2, -0.15) is 0 Å². The Morgan fingerprint density at radius 2 is 1.93 bits per heavy atom. The minimum atomic E-state index is 0.934.